The van der Waals surface area contributed by atoms with Crippen molar-refractivity contribution in [2.75, 3.05) is 18.0 Å². The van der Waals surface area contributed by atoms with Gasteiger partial charge in [0.05, 0.1) is 5.52 Å². The number of aromatic carboxylic acids is 1. The van der Waals surface area contributed by atoms with Crippen molar-refractivity contribution < 1.29 is 9.90 Å². The molecule has 1 saturated heterocycles. The van der Waals surface area contributed by atoms with E-state index in [0.717, 1.165) is 48.0 Å². The number of rotatable bonds is 2. The molecule has 0 unspecified atom stereocenters. The van der Waals surface area contributed by atoms with E-state index in [1.54, 1.807) is 6.07 Å². The van der Waals surface area contributed by atoms with Gasteiger partial charge >= 0.3 is 5.97 Å². The molecule has 104 valence electrons. The fraction of sp³-hybridized carbons (Fsp3) is 0.375. The van der Waals surface area contributed by atoms with Gasteiger partial charge in [0.25, 0.3) is 0 Å². The summed E-state index contributed by atoms with van der Waals surface area (Å²) in [7, 11) is 0. The summed E-state index contributed by atoms with van der Waals surface area (Å²) in [6, 6.07) is 5.85. The summed E-state index contributed by atoms with van der Waals surface area (Å²) in [4.78, 5) is 18.3. The highest BCUT2D eigenvalue weighted by Gasteiger charge is 2.22. The molecule has 1 N–H and O–H groups in total. The zero-order valence-corrected chi connectivity index (χ0v) is 11.8. The molecule has 2 aromatic rings. The number of hydrogen-bond acceptors (Lipinski definition) is 3. The van der Waals surface area contributed by atoms with Crippen LogP contribution in [0.3, 0.4) is 0 Å². The van der Waals surface area contributed by atoms with E-state index in [4.69, 9.17) is 0 Å². The zero-order valence-electron chi connectivity index (χ0n) is 11.8. The lowest BCUT2D eigenvalue weighted by Gasteiger charge is -2.19. The fourth-order valence-electron chi connectivity index (χ4n) is 2.95. The molecule has 0 amide bonds. The normalized spacial score (nSPS) is 15.0. The van der Waals surface area contributed by atoms with Crippen LogP contribution >= 0.6 is 0 Å². The number of aromatic nitrogens is 1. The first-order valence-electron chi connectivity index (χ1n) is 6.96. The van der Waals surface area contributed by atoms with Gasteiger partial charge in [-0.3, -0.25) is 0 Å². The minimum Gasteiger partial charge on any atom is -0.478 e. The van der Waals surface area contributed by atoms with Gasteiger partial charge in [-0.15, -0.1) is 0 Å². The second kappa shape index (κ2) is 4.78. The van der Waals surface area contributed by atoms with Crippen LogP contribution in [0.5, 0.6) is 0 Å². The van der Waals surface area contributed by atoms with E-state index in [1.165, 1.54) is 0 Å². The highest BCUT2D eigenvalue weighted by Crippen LogP contribution is 2.28. The molecule has 0 saturated carbocycles. The van der Waals surface area contributed by atoms with Gasteiger partial charge in [0.2, 0.25) is 0 Å². The minimum absolute atomic E-state index is 0.311. The highest BCUT2D eigenvalue weighted by atomic mass is 16.4. The summed E-state index contributed by atoms with van der Waals surface area (Å²) in [6.07, 6.45) is 2.21. The van der Waals surface area contributed by atoms with Crippen molar-refractivity contribution in [2.45, 2.75) is 26.7 Å². The number of pyridine rings is 1. The van der Waals surface area contributed by atoms with Crippen LogP contribution in [0.2, 0.25) is 0 Å². The van der Waals surface area contributed by atoms with Gasteiger partial charge in [-0.25, -0.2) is 9.78 Å². The SMILES string of the molecule is Cc1cc(C)c2cc(C(=O)O)c(N3CCCC3)nc2c1. The molecule has 0 aliphatic carbocycles. The molecule has 1 aliphatic rings. The lowest BCUT2D eigenvalue weighted by molar-refractivity contribution is 0.0697. The summed E-state index contributed by atoms with van der Waals surface area (Å²) >= 11 is 0. The van der Waals surface area contributed by atoms with Gasteiger partial charge < -0.3 is 10.0 Å². The van der Waals surface area contributed by atoms with Crippen molar-refractivity contribution in [3.8, 4) is 0 Å². The number of carbonyl (C=O) groups is 1. The molecule has 1 aromatic carbocycles. The Kier molecular flexibility index (Phi) is 3.08. The maximum atomic E-state index is 11.5. The molecular weight excluding hydrogens is 252 g/mol. The standard InChI is InChI=1S/C16H18N2O2/c1-10-7-11(2)12-9-13(16(19)20)15(17-14(12)8-10)18-5-3-4-6-18/h7-9H,3-6H2,1-2H3,(H,19,20). The summed E-state index contributed by atoms with van der Waals surface area (Å²) in [6.45, 7) is 5.82. The Labute approximate surface area is 118 Å². The third-order valence-electron chi connectivity index (χ3n) is 3.90. The van der Waals surface area contributed by atoms with Crippen molar-refractivity contribution >= 4 is 22.7 Å². The zero-order chi connectivity index (χ0) is 14.3. The molecule has 1 aromatic heterocycles. The van der Waals surface area contributed by atoms with Gasteiger partial charge in [-0.1, -0.05) is 6.07 Å². The molecule has 0 atom stereocenters. The van der Waals surface area contributed by atoms with Crippen LogP contribution in [0.1, 0.15) is 34.3 Å². The van der Waals surface area contributed by atoms with Crippen molar-refractivity contribution in [1.29, 1.82) is 0 Å². The van der Waals surface area contributed by atoms with Crippen LogP contribution in [0.25, 0.3) is 10.9 Å². The van der Waals surface area contributed by atoms with Gasteiger partial charge in [0.1, 0.15) is 11.4 Å². The summed E-state index contributed by atoms with van der Waals surface area (Å²) in [5.41, 5.74) is 3.42. The Morgan fingerprint density at radius 2 is 1.90 bits per heavy atom. The van der Waals surface area contributed by atoms with Crippen LogP contribution in [0.4, 0.5) is 5.82 Å². The maximum Gasteiger partial charge on any atom is 0.339 e. The molecular formula is C16H18N2O2. The van der Waals surface area contributed by atoms with Crippen LogP contribution in [-0.2, 0) is 0 Å². The topological polar surface area (TPSA) is 53.4 Å². The number of nitrogens with zero attached hydrogens (tertiary/aromatic N) is 2. The summed E-state index contributed by atoms with van der Waals surface area (Å²) in [5.74, 6) is -0.284. The first-order chi connectivity index (χ1) is 9.56. The van der Waals surface area contributed by atoms with Crippen molar-refractivity contribution in [3.63, 3.8) is 0 Å². The van der Waals surface area contributed by atoms with E-state index >= 15 is 0 Å². The van der Waals surface area contributed by atoms with Gasteiger partial charge in [-0.05, 0) is 49.9 Å². The number of aryl methyl sites for hydroxylation is 2. The Hall–Kier alpha value is -2.10. The molecule has 2 heterocycles. The lowest BCUT2D eigenvalue weighted by atomic mass is 10.0. The van der Waals surface area contributed by atoms with E-state index in [-0.39, 0.29) is 0 Å². The number of fused-ring (bicyclic) bond motifs is 1. The monoisotopic (exact) mass is 270 g/mol. The smallest absolute Gasteiger partial charge is 0.339 e. The van der Waals surface area contributed by atoms with E-state index in [1.807, 2.05) is 19.9 Å². The van der Waals surface area contributed by atoms with Crippen LogP contribution in [0, 0.1) is 13.8 Å². The largest absolute Gasteiger partial charge is 0.478 e. The number of hydrogen-bond donors (Lipinski definition) is 1. The van der Waals surface area contributed by atoms with Crippen molar-refractivity contribution in [3.05, 3.63) is 34.9 Å². The van der Waals surface area contributed by atoms with Gasteiger partial charge in [0.15, 0.2) is 0 Å². The summed E-state index contributed by atoms with van der Waals surface area (Å²) in [5, 5.41) is 10.4. The van der Waals surface area contributed by atoms with E-state index < -0.39 is 5.97 Å². The number of carboxylic acid groups (broad SMARTS) is 1. The predicted molar refractivity (Wildman–Crippen MR) is 79.6 cm³/mol. The van der Waals surface area contributed by atoms with Gasteiger partial charge in [-0.2, -0.15) is 0 Å². The van der Waals surface area contributed by atoms with Crippen LogP contribution < -0.4 is 4.90 Å². The lowest BCUT2D eigenvalue weighted by Crippen LogP contribution is -2.22. The molecule has 1 aliphatic heterocycles. The Morgan fingerprint density at radius 1 is 1.20 bits per heavy atom. The first-order valence-corrected chi connectivity index (χ1v) is 6.96. The molecule has 0 bridgehead atoms. The highest BCUT2D eigenvalue weighted by molar-refractivity contribution is 5.99. The predicted octanol–water partition coefficient (Wildman–Crippen LogP) is 3.15. The van der Waals surface area contributed by atoms with E-state index in [9.17, 15) is 9.90 Å². The average Bonchev–Trinajstić information content (AvgIpc) is 2.90. The third-order valence-corrected chi connectivity index (χ3v) is 3.90. The van der Waals surface area contributed by atoms with Crippen molar-refractivity contribution in [1.82, 2.24) is 4.98 Å². The number of benzene rings is 1. The van der Waals surface area contributed by atoms with Gasteiger partial charge in [0, 0.05) is 18.5 Å². The molecule has 0 spiro atoms. The molecule has 20 heavy (non-hydrogen) atoms. The first kappa shape index (κ1) is 12.9. The van der Waals surface area contributed by atoms with E-state index in [0.29, 0.717) is 11.4 Å². The van der Waals surface area contributed by atoms with Crippen LogP contribution in [-0.4, -0.2) is 29.1 Å². The molecule has 4 heteroatoms. The molecule has 3 rings (SSSR count). The Morgan fingerprint density at radius 3 is 2.55 bits per heavy atom. The fourth-order valence-corrected chi connectivity index (χ4v) is 2.95. The Balaban J connectivity index is 2.26. The molecule has 4 nitrogen and oxygen atoms in total. The summed E-state index contributed by atoms with van der Waals surface area (Å²) < 4.78 is 0. The number of carboxylic acids is 1. The van der Waals surface area contributed by atoms with Crippen molar-refractivity contribution in [2.24, 2.45) is 0 Å². The average molecular weight is 270 g/mol. The molecule has 1 fully saturated rings. The van der Waals surface area contributed by atoms with Crippen LogP contribution in [0.15, 0.2) is 18.2 Å². The minimum atomic E-state index is -0.902. The second-order valence-electron chi connectivity index (χ2n) is 5.51. The van der Waals surface area contributed by atoms with E-state index in [2.05, 4.69) is 16.0 Å². The third kappa shape index (κ3) is 2.11. The molecule has 0 radical (unpaired) electrons. The quantitative estimate of drug-likeness (QED) is 0.910. The Bertz CT molecular complexity index is 688. The maximum absolute atomic E-state index is 11.5. The second-order valence-corrected chi connectivity index (χ2v) is 5.51. The number of anilines is 1.